The van der Waals surface area contributed by atoms with E-state index in [1.165, 1.54) is 0 Å². The van der Waals surface area contributed by atoms with Gasteiger partial charge in [-0.3, -0.25) is 0 Å². The Morgan fingerprint density at radius 1 is 1.04 bits per heavy atom. The van der Waals surface area contributed by atoms with E-state index in [1.54, 1.807) is 7.11 Å². The van der Waals surface area contributed by atoms with Crippen molar-refractivity contribution in [1.82, 2.24) is 4.90 Å². The Balaban J connectivity index is 1.76. The monoisotopic (exact) mass is 364 g/mol. The van der Waals surface area contributed by atoms with E-state index in [0.717, 1.165) is 18.0 Å². The van der Waals surface area contributed by atoms with Crippen LogP contribution in [0.3, 0.4) is 0 Å². The Bertz CT molecular complexity index is 826. The summed E-state index contributed by atoms with van der Waals surface area (Å²) in [6, 6.07) is 17.8. The van der Waals surface area contributed by atoms with Crippen LogP contribution in [0.15, 0.2) is 59.6 Å². The third-order valence-corrected chi connectivity index (χ3v) is 4.65. The van der Waals surface area contributed by atoms with Gasteiger partial charge in [0, 0.05) is 25.3 Å². The molecule has 1 saturated heterocycles. The zero-order valence-electron chi connectivity index (χ0n) is 15.9. The normalized spacial score (nSPS) is 16.6. The summed E-state index contributed by atoms with van der Waals surface area (Å²) in [6.07, 6.45) is 1.86. The summed E-state index contributed by atoms with van der Waals surface area (Å²) in [5.41, 5.74) is 0.978. The minimum atomic E-state index is -0.164. The Morgan fingerprint density at radius 2 is 1.74 bits per heavy atom. The molecule has 0 spiro atoms. The molecule has 0 unspecified atom stereocenters. The molecule has 140 valence electrons. The van der Waals surface area contributed by atoms with Crippen molar-refractivity contribution in [3.63, 3.8) is 0 Å². The van der Waals surface area contributed by atoms with Gasteiger partial charge in [-0.2, -0.15) is 5.26 Å². The van der Waals surface area contributed by atoms with Crippen molar-refractivity contribution < 1.29 is 9.47 Å². The van der Waals surface area contributed by atoms with Gasteiger partial charge in [-0.05, 0) is 50.2 Å². The van der Waals surface area contributed by atoms with Crippen LogP contribution in [-0.4, -0.2) is 43.2 Å². The molecule has 1 fully saturated rings. The van der Waals surface area contributed by atoms with Crippen LogP contribution in [0.4, 0.5) is 5.69 Å². The molecule has 0 radical (unpaired) electrons. The van der Waals surface area contributed by atoms with E-state index >= 15 is 0 Å². The van der Waals surface area contributed by atoms with Gasteiger partial charge in [-0.1, -0.05) is 18.2 Å². The van der Waals surface area contributed by atoms with E-state index in [4.69, 9.17) is 14.7 Å². The smallest absolute Gasteiger partial charge is 0.308 e. The third kappa shape index (κ3) is 4.32. The highest BCUT2D eigenvalue weighted by molar-refractivity contribution is 5.78. The summed E-state index contributed by atoms with van der Waals surface area (Å²) < 4.78 is 11.1. The Hall–Kier alpha value is -3.20. The van der Waals surface area contributed by atoms with E-state index in [1.807, 2.05) is 53.6 Å². The van der Waals surface area contributed by atoms with Crippen molar-refractivity contribution in [3.8, 4) is 17.7 Å². The average molecular weight is 364 g/mol. The number of nitrogens with zero attached hydrogens (tertiary/aromatic N) is 4. The van der Waals surface area contributed by atoms with Crippen LogP contribution in [0.2, 0.25) is 0 Å². The first-order chi connectivity index (χ1) is 13.0. The molecule has 6 heteroatoms. The van der Waals surface area contributed by atoms with Gasteiger partial charge in [0.15, 0.2) is 0 Å². The Morgan fingerprint density at radius 3 is 2.33 bits per heavy atom. The first-order valence-corrected chi connectivity index (χ1v) is 8.90. The summed E-state index contributed by atoms with van der Waals surface area (Å²) in [5, 5.41) is 9.09. The average Bonchev–Trinajstić information content (AvgIpc) is 2.68. The van der Waals surface area contributed by atoms with Gasteiger partial charge in [-0.25, -0.2) is 0 Å². The van der Waals surface area contributed by atoms with Gasteiger partial charge in [0.05, 0.1) is 12.6 Å². The lowest BCUT2D eigenvalue weighted by Crippen LogP contribution is -2.61. The fraction of sp³-hybridized carbons (Fsp3) is 0.333. The molecule has 0 aromatic heterocycles. The summed E-state index contributed by atoms with van der Waals surface area (Å²) in [7, 11) is 1.67. The summed E-state index contributed by atoms with van der Waals surface area (Å²) in [5.74, 6) is 1.51. The number of para-hydroxylation sites is 1. The Kier molecular flexibility index (Phi) is 5.51. The highest BCUT2D eigenvalue weighted by Crippen LogP contribution is 2.29. The van der Waals surface area contributed by atoms with E-state index in [2.05, 4.69) is 35.9 Å². The number of hydrogen-bond acceptors (Lipinski definition) is 5. The molecule has 0 amide bonds. The topological polar surface area (TPSA) is 61.1 Å². The van der Waals surface area contributed by atoms with Gasteiger partial charge in [0.25, 0.3) is 0 Å². The molecule has 2 aromatic rings. The number of nitriles is 1. The number of hydrogen-bond donors (Lipinski definition) is 0. The molecule has 0 atom stereocenters. The first kappa shape index (κ1) is 18.6. The minimum absolute atomic E-state index is 0.164. The van der Waals surface area contributed by atoms with Crippen LogP contribution in [0.5, 0.6) is 11.5 Å². The molecular weight excluding hydrogens is 340 g/mol. The number of amidine groups is 1. The summed E-state index contributed by atoms with van der Waals surface area (Å²) in [4.78, 5) is 8.30. The number of ether oxygens (including phenoxy) is 2. The van der Waals surface area contributed by atoms with Gasteiger partial charge < -0.3 is 19.3 Å². The molecule has 1 heterocycles. The van der Waals surface area contributed by atoms with Crippen molar-refractivity contribution in [2.75, 3.05) is 31.6 Å². The number of piperazine rings is 1. The standard InChI is InChI=1S/C21H24N4O2/c1-21(2)15-24(20(23-16-22)27-19-7-5-4-6-8-19)13-14-25(21)17-9-11-18(26-3)12-10-17/h4-12H,13-15H2,1-3H3/b23-20-. The molecule has 6 nitrogen and oxygen atoms in total. The third-order valence-electron chi connectivity index (χ3n) is 4.65. The predicted octanol–water partition coefficient (Wildman–Crippen LogP) is 3.51. The minimum Gasteiger partial charge on any atom is -0.497 e. The van der Waals surface area contributed by atoms with E-state index in [-0.39, 0.29) is 5.54 Å². The maximum atomic E-state index is 9.09. The zero-order valence-corrected chi connectivity index (χ0v) is 15.9. The van der Waals surface area contributed by atoms with E-state index < -0.39 is 0 Å². The molecule has 1 aliphatic rings. The number of anilines is 1. The SMILES string of the molecule is COc1ccc(N2CCN(/C(=N/C#N)Oc3ccccc3)CC2(C)C)cc1. The van der Waals surface area contributed by atoms with Crippen LogP contribution in [0.1, 0.15) is 13.8 Å². The zero-order chi connectivity index (χ0) is 19.3. The molecule has 0 N–H and O–H groups in total. The number of rotatable bonds is 3. The summed E-state index contributed by atoms with van der Waals surface area (Å²) in [6.45, 7) is 6.54. The predicted molar refractivity (Wildman–Crippen MR) is 106 cm³/mol. The fourth-order valence-electron chi connectivity index (χ4n) is 3.35. The number of methoxy groups -OCH3 is 1. The first-order valence-electron chi connectivity index (χ1n) is 8.90. The molecule has 0 saturated carbocycles. The number of benzene rings is 2. The van der Waals surface area contributed by atoms with Crippen LogP contribution in [0, 0.1) is 11.5 Å². The van der Waals surface area contributed by atoms with Crippen molar-refractivity contribution in [2.45, 2.75) is 19.4 Å². The molecule has 2 aromatic carbocycles. The lowest BCUT2D eigenvalue weighted by atomic mass is 9.98. The highest BCUT2D eigenvalue weighted by Gasteiger charge is 2.36. The van der Waals surface area contributed by atoms with Crippen molar-refractivity contribution in [3.05, 3.63) is 54.6 Å². The molecule has 3 rings (SSSR count). The maximum Gasteiger partial charge on any atom is 0.308 e. The summed E-state index contributed by atoms with van der Waals surface area (Å²) >= 11 is 0. The quantitative estimate of drug-likeness (QED) is 0.474. The largest absolute Gasteiger partial charge is 0.497 e. The van der Waals surface area contributed by atoms with Gasteiger partial charge in [0.1, 0.15) is 11.5 Å². The second kappa shape index (κ2) is 8.00. The van der Waals surface area contributed by atoms with Crippen LogP contribution in [0.25, 0.3) is 0 Å². The lowest BCUT2D eigenvalue weighted by molar-refractivity contribution is 0.236. The number of aliphatic imine (C=N–C) groups is 1. The molecule has 0 aliphatic carbocycles. The van der Waals surface area contributed by atoms with Crippen LogP contribution >= 0.6 is 0 Å². The second-order valence-electron chi connectivity index (χ2n) is 6.99. The maximum absolute atomic E-state index is 9.09. The molecule has 1 aliphatic heterocycles. The van der Waals surface area contributed by atoms with Gasteiger partial charge in [0.2, 0.25) is 6.19 Å². The molecule has 27 heavy (non-hydrogen) atoms. The molecular formula is C21H24N4O2. The van der Waals surface area contributed by atoms with Crippen molar-refractivity contribution in [2.24, 2.45) is 4.99 Å². The Labute approximate surface area is 160 Å². The van der Waals surface area contributed by atoms with Crippen molar-refractivity contribution >= 4 is 11.7 Å². The van der Waals surface area contributed by atoms with E-state index in [9.17, 15) is 0 Å². The van der Waals surface area contributed by atoms with Gasteiger partial charge >= 0.3 is 6.02 Å². The van der Waals surface area contributed by atoms with Crippen LogP contribution < -0.4 is 14.4 Å². The second-order valence-corrected chi connectivity index (χ2v) is 6.99. The van der Waals surface area contributed by atoms with Crippen LogP contribution in [-0.2, 0) is 0 Å². The van der Waals surface area contributed by atoms with Crippen molar-refractivity contribution in [1.29, 1.82) is 5.26 Å². The molecule has 0 bridgehead atoms. The van der Waals surface area contributed by atoms with Gasteiger partial charge in [-0.15, -0.1) is 4.99 Å². The lowest BCUT2D eigenvalue weighted by Gasteiger charge is -2.48. The fourth-order valence-corrected chi connectivity index (χ4v) is 3.35. The highest BCUT2D eigenvalue weighted by atomic mass is 16.5. The van der Waals surface area contributed by atoms with E-state index in [0.29, 0.717) is 24.9 Å².